The van der Waals surface area contributed by atoms with Crippen molar-refractivity contribution in [1.82, 2.24) is 19.9 Å². The predicted molar refractivity (Wildman–Crippen MR) is 98.4 cm³/mol. The second-order valence-corrected chi connectivity index (χ2v) is 6.85. The predicted octanol–water partition coefficient (Wildman–Crippen LogP) is 2.45. The molecule has 26 heavy (non-hydrogen) atoms. The zero-order chi connectivity index (χ0) is 17.9. The van der Waals surface area contributed by atoms with Crippen LogP contribution in [-0.4, -0.2) is 37.7 Å². The molecule has 0 bridgehead atoms. The second-order valence-electron chi connectivity index (χ2n) is 6.85. The van der Waals surface area contributed by atoms with Crippen LogP contribution in [0.25, 0.3) is 11.4 Å². The van der Waals surface area contributed by atoms with Gasteiger partial charge < -0.3 is 20.0 Å². The number of carbonyl (C=O) groups is 1. The Morgan fingerprint density at radius 1 is 1.27 bits per heavy atom. The van der Waals surface area contributed by atoms with Crippen molar-refractivity contribution in [2.24, 2.45) is 5.92 Å². The molecular formula is C20H22N4O2. The summed E-state index contributed by atoms with van der Waals surface area (Å²) >= 11 is 0. The summed E-state index contributed by atoms with van der Waals surface area (Å²) in [7, 11) is 0. The highest BCUT2D eigenvalue weighted by molar-refractivity contribution is 5.94. The van der Waals surface area contributed by atoms with E-state index >= 15 is 0 Å². The normalized spacial score (nSPS) is 22.4. The number of aromatic amines is 1. The van der Waals surface area contributed by atoms with E-state index in [0.717, 1.165) is 24.4 Å². The number of aliphatic hydroxyl groups excluding tert-OH is 1. The summed E-state index contributed by atoms with van der Waals surface area (Å²) in [6, 6.07) is 11.6. The third-order valence-corrected chi connectivity index (χ3v) is 5.01. The van der Waals surface area contributed by atoms with Crippen molar-refractivity contribution >= 4 is 5.91 Å². The van der Waals surface area contributed by atoms with E-state index < -0.39 is 6.10 Å². The summed E-state index contributed by atoms with van der Waals surface area (Å²) < 4.78 is 2.13. The maximum absolute atomic E-state index is 12.2. The number of hydrogen-bond donors (Lipinski definition) is 3. The van der Waals surface area contributed by atoms with Gasteiger partial charge in [-0.2, -0.15) is 0 Å². The molecule has 1 unspecified atom stereocenters. The minimum Gasteiger partial charge on any atom is -0.391 e. The first kappa shape index (κ1) is 16.6. The van der Waals surface area contributed by atoms with Crippen molar-refractivity contribution in [2.45, 2.75) is 31.5 Å². The second kappa shape index (κ2) is 7.17. The van der Waals surface area contributed by atoms with Gasteiger partial charge in [0.15, 0.2) is 0 Å². The molecule has 1 amide bonds. The summed E-state index contributed by atoms with van der Waals surface area (Å²) in [5, 5.41) is 13.3. The van der Waals surface area contributed by atoms with Gasteiger partial charge in [0.2, 0.25) is 0 Å². The van der Waals surface area contributed by atoms with Crippen LogP contribution in [0.1, 0.15) is 23.2 Å². The third kappa shape index (κ3) is 3.41. The lowest BCUT2D eigenvalue weighted by atomic mass is 10.1. The van der Waals surface area contributed by atoms with Crippen LogP contribution in [0.5, 0.6) is 0 Å². The Hall–Kier alpha value is -2.86. The number of carbonyl (C=O) groups excluding carboxylic acids is 1. The molecular weight excluding hydrogens is 328 g/mol. The largest absolute Gasteiger partial charge is 0.391 e. The van der Waals surface area contributed by atoms with E-state index in [1.165, 1.54) is 0 Å². The molecule has 3 atom stereocenters. The molecule has 6 nitrogen and oxygen atoms in total. The summed E-state index contributed by atoms with van der Waals surface area (Å²) in [5.41, 5.74) is 1.66. The van der Waals surface area contributed by atoms with E-state index in [1.807, 2.05) is 36.5 Å². The van der Waals surface area contributed by atoms with E-state index in [1.54, 1.807) is 24.7 Å². The number of benzene rings is 1. The minimum atomic E-state index is -0.522. The molecule has 1 aromatic carbocycles. The maximum Gasteiger partial charge on any atom is 0.253 e. The molecule has 3 N–H and O–H groups in total. The highest BCUT2D eigenvalue weighted by Crippen LogP contribution is 2.29. The van der Waals surface area contributed by atoms with Crippen LogP contribution in [0.2, 0.25) is 0 Å². The first-order valence-corrected chi connectivity index (χ1v) is 8.89. The Labute approximate surface area is 151 Å². The smallest absolute Gasteiger partial charge is 0.253 e. The van der Waals surface area contributed by atoms with Gasteiger partial charge in [0, 0.05) is 36.9 Å². The number of aliphatic hydroxyl groups is 1. The lowest BCUT2D eigenvalue weighted by Crippen LogP contribution is -2.39. The number of nitrogens with zero attached hydrogens (tertiary/aromatic N) is 2. The maximum atomic E-state index is 12.2. The average Bonchev–Trinajstić information content (AvgIpc) is 3.38. The molecule has 1 saturated carbocycles. The summed E-state index contributed by atoms with van der Waals surface area (Å²) in [6.45, 7) is 0.776. The van der Waals surface area contributed by atoms with Crippen LogP contribution in [0, 0.1) is 5.92 Å². The molecule has 1 fully saturated rings. The molecule has 2 aromatic heterocycles. The lowest BCUT2D eigenvalue weighted by Gasteiger charge is -2.16. The molecule has 6 heteroatoms. The standard InChI is InChI=1S/C20H22N4O2/c25-18-11-14(10-17(18)23-20(26)16-6-7-21-12-16)13-24-9-8-22-19(24)15-4-2-1-3-5-15/h1-9,12,14,17-18,21,25H,10-11,13H2,(H,23,26)/t14?,17-,18-/m1/s1. The molecule has 1 aliphatic carbocycles. The van der Waals surface area contributed by atoms with E-state index in [9.17, 15) is 9.90 Å². The van der Waals surface area contributed by atoms with Gasteiger partial charge in [0.25, 0.3) is 5.91 Å². The van der Waals surface area contributed by atoms with Crippen LogP contribution in [-0.2, 0) is 6.54 Å². The van der Waals surface area contributed by atoms with E-state index in [4.69, 9.17) is 0 Å². The van der Waals surface area contributed by atoms with Crippen LogP contribution in [0.15, 0.2) is 61.2 Å². The fourth-order valence-electron chi connectivity index (χ4n) is 3.72. The molecule has 2 heterocycles. The van der Waals surface area contributed by atoms with Gasteiger partial charge in [-0.3, -0.25) is 4.79 Å². The summed E-state index contributed by atoms with van der Waals surface area (Å²) in [6.07, 6.45) is 8.05. The molecule has 0 radical (unpaired) electrons. The van der Waals surface area contributed by atoms with Crippen LogP contribution >= 0.6 is 0 Å². The molecule has 0 saturated heterocycles. The van der Waals surface area contributed by atoms with Crippen molar-refractivity contribution in [3.8, 4) is 11.4 Å². The number of nitrogens with one attached hydrogen (secondary N) is 2. The number of hydrogen-bond acceptors (Lipinski definition) is 3. The lowest BCUT2D eigenvalue weighted by molar-refractivity contribution is 0.0873. The minimum absolute atomic E-state index is 0.149. The van der Waals surface area contributed by atoms with Crippen molar-refractivity contribution < 1.29 is 9.90 Å². The Kier molecular flexibility index (Phi) is 4.58. The van der Waals surface area contributed by atoms with Crippen LogP contribution < -0.4 is 5.32 Å². The number of aromatic nitrogens is 3. The highest BCUT2D eigenvalue weighted by atomic mass is 16.3. The van der Waals surface area contributed by atoms with Crippen molar-refractivity contribution in [3.05, 3.63) is 66.7 Å². The van der Waals surface area contributed by atoms with E-state index in [-0.39, 0.29) is 17.9 Å². The van der Waals surface area contributed by atoms with Gasteiger partial charge in [-0.15, -0.1) is 0 Å². The van der Waals surface area contributed by atoms with Gasteiger partial charge >= 0.3 is 0 Å². The summed E-state index contributed by atoms with van der Waals surface area (Å²) in [5.74, 6) is 1.07. The number of H-pyrrole nitrogens is 1. The Morgan fingerprint density at radius 2 is 2.12 bits per heavy atom. The van der Waals surface area contributed by atoms with Gasteiger partial charge in [0.1, 0.15) is 5.82 Å². The fraction of sp³-hybridized carbons (Fsp3) is 0.300. The molecule has 1 aliphatic rings. The number of rotatable bonds is 5. The first-order valence-electron chi connectivity index (χ1n) is 8.89. The van der Waals surface area contributed by atoms with Crippen molar-refractivity contribution in [3.63, 3.8) is 0 Å². The van der Waals surface area contributed by atoms with Gasteiger partial charge in [-0.1, -0.05) is 30.3 Å². The Balaban J connectivity index is 1.41. The highest BCUT2D eigenvalue weighted by Gasteiger charge is 2.34. The molecule has 0 aliphatic heterocycles. The number of imidazole rings is 1. The van der Waals surface area contributed by atoms with Crippen molar-refractivity contribution in [1.29, 1.82) is 0 Å². The zero-order valence-corrected chi connectivity index (χ0v) is 14.4. The number of amides is 1. The molecule has 3 aromatic rings. The van der Waals surface area contributed by atoms with E-state index in [2.05, 4.69) is 19.9 Å². The monoisotopic (exact) mass is 350 g/mol. The van der Waals surface area contributed by atoms with Crippen LogP contribution in [0.3, 0.4) is 0 Å². The van der Waals surface area contributed by atoms with Crippen LogP contribution in [0.4, 0.5) is 0 Å². The summed E-state index contributed by atoms with van der Waals surface area (Å²) in [4.78, 5) is 19.6. The Morgan fingerprint density at radius 3 is 2.88 bits per heavy atom. The molecule has 134 valence electrons. The first-order chi connectivity index (χ1) is 12.7. The quantitative estimate of drug-likeness (QED) is 0.661. The van der Waals surface area contributed by atoms with E-state index in [0.29, 0.717) is 12.0 Å². The zero-order valence-electron chi connectivity index (χ0n) is 14.4. The third-order valence-electron chi connectivity index (χ3n) is 5.01. The van der Waals surface area contributed by atoms with Gasteiger partial charge in [-0.05, 0) is 24.8 Å². The molecule has 4 rings (SSSR count). The topological polar surface area (TPSA) is 82.9 Å². The van der Waals surface area contributed by atoms with Crippen molar-refractivity contribution in [2.75, 3.05) is 0 Å². The average molecular weight is 350 g/mol. The SMILES string of the molecule is O=C(N[C@@H]1CC(Cn2ccnc2-c2ccccc2)C[C@H]1O)c1cc[nH]c1. The molecule has 0 spiro atoms. The van der Waals surface area contributed by atoms with Gasteiger partial charge in [0.05, 0.1) is 17.7 Å². The fourth-order valence-corrected chi connectivity index (χ4v) is 3.72. The Bertz CT molecular complexity index is 857. The van der Waals surface area contributed by atoms with Gasteiger partial charge in [-0.25, -0.2) is 4.98 Å².